The van der Waals surface area contributed by atoms with Crippen LogP contribution in [-0.4, -0.2) is 41.0 Å². The minimum absolute atomic E-state index is 0.905. The first-order valence-electron chi connectivity index (χ1n) is 7.55. The quantitative estimate of drug-likeness (QED) is 0.855. The highest BCUT2D eigenvalue weighted by Crippen LogP contribution is 2.15. The van der Waals surface area contributed by atoms with Crippen LogP contribution in [0.5, 0.6) is 0 Å². The summed E-state index contributed by atoms with van der Waals surface area (Å²) in [6, 6.07) is 2.07. The molecule has 1 aromatic heterocycles. The first-order chi connectivity index (χ1) is 9.28. The lowest BCUT2D eigenvalue weighted by Crippen LogP contribution is -2.36. The lowest BCUT2D eigenvalue weighted by atomic mass is 9.99. The van der Waals surface area contributed by atoms with Crippen LogP contribution in [0.3, 0.4) is 0 Å². The van der Waals surface area contributed by atoms with Crippen LogP contribution in [0.4, 0.5) is 5.82 Å². The second-order valence-corrected chi connectivity index (χ2v) is 5.60. The molecule has 2 rings (SSSR count). The Labute approximate surface area is 116 Å². The smallest absolute Gasteiger partial charge is 0.129 e. The molecule has 1 N–H and O–H groups in total. The summed E-state index contributed by atoms with van der Waals surface area (Å²) in [7, 11) is 0. The van der Waals surface area contributed by atoms with Gasteiger partial charge in [-0.3, -0.25) is 0 Å². The standard InChI is InChI=1S/C15H26N4/c1-3-4-14-11-15(18-12-17-14)16-7-10-19-8-5-13(2)6-9-19/h11-13H,3-10H2,1-2H3,(H,16,17,18). The minimum Gasteiger partial charge on any atom is -0.369 e. The summed E-state index contributed by atoms with van der Waals surface area (Å²) < 4.78 is 0. The molecule has 0 spiro atoms. The Morgan fingerprint density at radius 3 is 2.84 bits per heavy atom. The third-order valence-corrected chi connectivity index (χ3v) is 3.84. The van der Waals surface area contributed by atoms with Crippen LogP contribution in [0.25, 0.3) is 0 Å². The number of piperidine rings is 1. The Hall–Kier alpha value is -1.16. The molecule has 1 aliphatic heterocycles. The van der Waals surface area contributed by atoms with Crippen LogP contribution in [0.2, 0.25) is 0 Å². The third kappa shape index (κ3) is 4.78. The maximum atomic E-state index is 4.28. The normalized spacial score (nSPS) is 17.6. The number of nitrogens with one attached hydrogen (secondary N) is 1. The zero-order valence-electron chi connectivity index (χ0n) is 12.2. The van der Waals surface area contributed by atoms with Gasteiger partial charge in [-0.1, -0.05) is 20.3 Å². The number of hydrogen-bond donors (Lipinski definition) is 1. The van der Waals surface area contributed by atoms with E-state index in [1.54, 1.807) is 6.33 Å². The van der Waals surface area contributed by atoms with Crippen molar-refractivity contribution in [2.24, 2.45) is 5.92 Å². The highest BCUT2D eigenvalue weighted by Gasteiger charge is 2.14. The number of nitrogens with zero attached hydrogens (tertiary/aromatic N) is 3. The predicted molar refractivity (Wildman–Crippen MR) is 79.4 cm³/mol. The Kier molecular flexibility index (Phi) is 5.58. The Balaban J connectivity index is 1.71. The molecule has 106 valence electrons. The maximum Gasteiger partial charge on any atom is 0.129 e. The number of hydrogen-bond acceptors (Lipinski definition) is 4. The summed E-state index contributed by atoms with van der Waals surface area (Å²) in [5, 5.41) is 3.41. The topological polar surface area (TPSA) is 41.0 Å². The fourth-order valence-electron chi connectivity index (χ4n) is 2.51. The molecule has 0 radical (unpaired) electrons. The number of aryl methyl sites for hydroxylation is 1. The van der Waals surface area contributed by atoms with Crippen LogP contribution in [0.1, 0.15) is 38.8 Å². The van der Waals surface area contributed by atoms with Gasteiger partial charge in [0.15, 0.2) is 0 Å². The molecule has 1 aromatic rings. The molecule has 0 aliphatic carbocycles. The van der Waals surface area contributed by atoms with Crippen molar-refractivity contribution in [2.75, 3.05) is 31.5 Å². The van der Waals surface area contributed by atoms with E-state index in [-0.39, 0.29) is 0 Å². The van der Waals surface area contributed by atoms with Crippen molar-refractivity contribution < 1.29 is 0 Å². The van der Waals surface area contributed by atoms with Crippen molar-refractivity contribution in [3.05, 3.63) is 18.1 Å². The molecule has 1 aliphatic rings. The summed E-state index contributed by atoms with van der Waals surface area (Å²) >= 11 is 0. The molecule has 1 fully saturated rings. The van der Waals surface area contributed by atoms with Gasteiger partial charge in [0.05, 0.1) is 0 Å². The van der Waals surface area contributed by atoms with E-state index in [0.717, 1.165) is 43.4 Å². The molecule has 0 bridgehead atoms. The predicted octanol–water partition coefficient (Wildman–Crippen LogP) is 2.57. The van der Waals surface area contributed by atoms with Gasteiger partial charge in [-0.05, 0) is 38.3 Å². The molecule has 1 saturated heterocycles. The average Bonchev–Trinajstić information content (AvgIpc) is 2.42. The third-order valence-electron chi connectivity index (χ3n) is 3.84. The molecular formula is C15H26N4. The van der Waals surface area contributed by atoms with E-state index in [0.29, 0.717) is 0 Å². The van der Waals surface area contributed by atoms with Crippen molar-refractivity contribution >= 4 is 5.82 Å². The molecule has 19 heavy (non-hydrogen) atoms. The van der Waals surface area contributed by atoms with Crippen LogP contribution in [0, 0.1) is 5.92 Å². The fraction of sp³-hybridized carbons (Fsp3) is 0.733. The summed E-state index contributed by atoms with van der Waals surface area (Å²) in [6.07, 6.45) is 6.50. The zero-order valence-corrected chi connectivity index (χ0v) is 12.2. The Morgan fingerprint density at radius 1 is 1.32 bits per heavy atom. The van der Waals surface area contributed by atoms with E-state index in [4.69, 9.17) is 0 Å². The van der Waals surface area contributed by atoms with Crippen LogP contribution < -0.4 is 5.32 Å². The molecule has 2 heterocycles. The van der Waals surface area contributed by atoms with E-state index < -0.39 is 0 Å². The molecule has 0 aromatic carbocycles. The molecule has 4 nitrogen and oxygen atoms in total. The summed E-state index contributed by atoms with van der Waals surface area (Å²) in [6.45, 7) is 9.09. The first-order valence-corrected chi connectivity index (χ1v) is 7.55. The van der Waals surface area contributed by atoms with Gasteiger partial charge in [0.1, 0.15) is 12.1 Å². The van der Waals surface area contributed by atoms with E-state index >= 15 is 0 Å². The second kappa shape index (κ2) is 7.43. The SMILES string of the molecule is CCCc1cc(NCCN2CCC(C)CC2)ncn1. The van der Waals surface area contributed by atoms with Gasteiger partial charge < -0.3 is 10.2 Å². The molecule has 4 heteroatoms. The minimum atomic E-state index is 0.905. The monoisotopic (exact) mass is 262 g/mol. The van der Waals surface area contributed by atoms with Crippen LogP contribution in [0.15, 0.2) is 12.4 Å². The fourth-order valence-corrected chi connectivity index (χ4v) is 2.51. The van der Waals surface area contributed by atoms with E-state index in [1.807, 2.05) is 0 Å². The highest BCUT2D eigenvalue weighted by molar-refractivity contribution is 5.34. The summed E-state index contributed by atoms with van der Waals surface area (Å²) in [5.74, 6) is 1.87. The van der Waals surface area contributed by atoms with Gasteiger partial charge in [0.2, 0.25) is 0 Å². The molecular weight excluding hydrogens is 236 g/mol. The molecule has 0 unspecified atom stereocenters. The lowest BCUT2D eigenvalue weighted by molar-refractivity contribution is 0.199. The van der Waals surface area contributed by atoms with Crippen molar-refractivity contribution in [3.63, 3.8) is 0 Å². The van der Waals surface area contributed by atoms with Crippen molar-refractivity contribution in [2.45, 2.75) is 39.5 Å². The van der Waals surface area contributed by atoms with Gasteiger partial charge in [-0.25, -0.2) is 9.97 Å². The average molecular weight is 262 g/mol. The van der Waals surface area contributed by atoms with Gasteiger partial charge in [-0.15, -0.1) is 0 Å². The number of anilines is 1. The lowest BCUT2D eigenvalue weighted by Gasteiger charge is -2.30. The number of aromatic nitrogens is 2. The van der Waals surface area contributed by atoms with E-state index in [9.17, 15) is 0 Å². The molecule has 0 amide bonds. The first kappa shape index (κ1) is 14.3. The van der Waals surface area contributed by atoms with E-state index in [2.05, 4.69) is 40.1 Å². The number of likely N-dealkylation sites (tertiary alicyclic amines) is 1. The second-order valence-electron chi connectivity index (χ2n) is 5.60. The summed E-state index contributed by atoms with van der Waals surface area (Å²) in [5.41, 5.74) is 1.13. The van der Waals surface area contributed by atoms with Crippen LogP contribution in [-0.2, 0) is 6.42 Å². The maximum absolute atomic E-state index is 4.28. The van der Waals surface area contributed by atoms with Crippen molar-refractivity contribution in [1.29, 1.82) is 0 Å². The van der Waals surface area contributed by atoms with Gasteiger partial charge in [-0.2, -0.15) is 0 Å². The van der Waals surface area contributed by atoms with Gasteiger partial charge in [0.25, 0.3) is 0 Å². The zero-order chi connectivity index (χ0) is 13.5. The van der Waals surface area contributed by atoms with Gasteiger partial charge in [0, 0.05) is 24.8 Å². The number of rotatable bonds is 6. The van der Waals surface area contributed by atoms with Gasteiger partial charge >= 0.3 is 0 Å². The van der Waals surface area contributed by atoms with Crippen molar-refractivity contribution in [1.82, 2.24) is 14.9 Å². The van der Waals surface area contributed by atoms with Crippen molar-refractivity contribution in [3.8, 4) is 0 Å². The Morgan fingerprint density at radius 2 is 2.11 bits per heavy atom. The van der Waals surface area contributed by atoms with E-state index in [1.165, 1.54) is 25.9 Å². The molecule has 0 atom stereocenters. The Bertz CT molecular complexity index is 372. The largest absolute Gasteiger partial charge is 0.369 e. The van der Waals surface area contributed by atoms with Crippen LogP contribution >= 0.6 is 0 Å². The summed E-state index contributed by atoms with van der Waals surface area (Å²) in [4.78, 5) is 11.1. The molecule has 0 saturated carbocycles. The highest BCUT2D eigenvalue weighted by atomic mass is 15.1.